The van der Waals surface area contributed by atoms with Crippen molar-refractivity contribution in [1.29, 1.82) is 0 Å². The SMILES string of the molecule is O=C(CCn1cncc1C1CCCCN1)NC1CC1. The Morgan fingerprint density at radius 2 is 2.32 bits per heavy atom. The Morgan fingerprint density at radius 3 is 3.05 bits per heavy atom. The lowest BCUT2D eigenvalue weighted by atomic mass is 10.0. The first kappa shape index (κ1) is 12.7. The zero-order chi connectivity index (χ0) is 13.1. The lowest BCUT2D eigenvalue weighted by molar-refractivity contribution is -0.121. The molecule has 1 aromatic rings. The molecule has 2 N–H and O–H groups in total. The number of hydrogen-bond donors (Lipinski definition) is 2. The summed E-state index contributed by atoms with van der Waals surface area (Å²) in [4.78, 5) is 16.0. The van der Waals surface area contributed by atoms with E-state index in [9.17, 15) is 4.79 Å². The molecule has 0 aromatic carbocycles. The van der Waals surface area contributed by atoms with E-state index in [-0.39, 0.29) is 5.91 Å². The normalized spacial score (nSPS) is 23.3. The minimum atomic E-state index is 0.166. The van der Waals surface area contributed by atoms with Crippen molar-refractivity contribution in [3.05, 3.63) is 18.2 Å². The lowest BCUT2D eigenvalue weighted by Gasteiger charge is -2.24. The van der Waals surface area contributed by atoms with Gasteiger partial charge in [-0.2, -0.15) is 0 Å². The number of rotatable bonds is 5. The van der Waals surface area contributed by atoms with Gasteiger partial charge in [-0.1, -0.05) is 6.42 Å². The van der Waals surface area contributed by atoms with Gasteiger partial charge in [0.2, 0.25) is 5.91 Å². The lowest BCUT2D eigenvalue weighted by Crippen LogP contribution is -2.29. The van der Waals surface area contributed by atoms with Crippen molar-refractivity contribution in [2.24, 2.45) is 0 Å². The number of nitrogens with one attached hydrogen (secondary N) is 2. The molecule has 1 unspecified atom stereocenters. The van der Waals surface area contributed by atoms with Crippen LogP contribution in [0.25, 0.3) is 0 Å². The van der Waals surface area contributed by atoms with Crippen LogP contribution in [0.5, 0.6) is 0 Å². The van der Waals surface area contributed by atoms with Crippen LogP contribution in [0.2, 0.25) is 0 Å². The fraction of sp³-hybridized carbons (Fsp3) is 0.714. The first-order valence-electron chi connectivity index (χ1n) is 7.36. The third kappa shape index (κ3) is 3.35. The second kappa shape index (κ2) is 5.74. The number of piperidine rings is 1. The van der Waals surface area contributed by atoms with Crippen LogP contribution in [0.1, 0.15) is 50.3 Å². The van der Waals surface area contributed by atoms with Crippen molar-refractivity contribution in [1.82, 2.24) is 20.2 Å². The van der Waals surface area contributed by atoms with Gasteiger partial charge in [-0.3, -0.25) is 4.79 Å². The topological polar surface area (TPSA) is 59.0 Å². The van der Waals surface area contributed by atoms with Gasteiger partial charge < -0.3 is 15.2 Å². The molecule has 1 aliphatic heterocycles. The Hall–Kier alpha value is -1.36. The van der Waals surface area contributed by atoms with Gasteiger partial charge in [0, 0.05) is 31.2 Å². The summed E-state index contributed by atoms with van der Waals surface area (Å²) in [7, 11) is 0. The van der Waals surface area contributed by atoms with E-state index in [4.69, 9.17) is 0 Å². The molecule has 1 saturated heterocycles. The summed E-state index contributed by atoms with van der Waals surface area (Å²) in [6.45, 7) is 1.81. The fourth-order valence-electron chi connectivity index (χ4n) is 2.66. The Labute approximate surface area is 113 Å². The first-order chi connectivity index (χ1) is 9.33. The van der Waals surface area contributed by atoms with Gasteiger partial charge in [-0.25, -0.2) is 4.98 Å². The summed E-state index contributed by atoms with van der Waals surface area (Å²) in [6, 6.07) is 0.859. The Balaban J connectivity index is 1.54. The van der Waals surface area contributed by atoms with Gasteiger partial charge >= 0.3 is 0 Å². The van der Waals surface area contributed by atoms with E-state index in [1.165, 1.54) is 25.0 Å². The average molecular weight is 262 g/mol. The second-order valence-electron chi connectivity index (χ2n) is 5.61. The van der Waals surface area contributed by atoms with E-state index in [0.29, 0.717) is 18.5 Å². The maximum Gasteiger partial charge on any atom is 0.222 e. The molecule has 1 aliphatic carbocycles. The first-order valence-corrected chi connectivity index (χ1v) is 7.36. The van der Waals surface area contributed by atoms with Crippen LogP contribution in [-0.4, -0.2) is 28.0 Å². The highest BCUT2D eigenvalue weighted by molar-refractivity contribution is 5.76. The summed E-state index contributed by atoms with van der Waals surface area (Å²) in [5, 5.41) is 6.56. The minimum absolute atomic E-state index is 0.166. The maximum atomic E-state index is 11.7. The zero-order valence-corrected chi connectivity index (χ0v) is 11.3. The maximum absolute atomic E-state index is 11.7. The van der Waals surface area contributed by atoms with Crippen molar-refractivity contribution in [3.8, 4) is 0 Å². The van der Waals surface area contributed by atoms with Crippen LogP contribution < -0.4 is 10.6 Å². The van der Waals surface area contributed by atoms with Crippen molar-refractivity contribution >= 4 is 5.91 Å². The highest BCUT2D eigenvalue weighted by Crippen LogP contribution is 2.23. The number of imidazole rings is 1. The number of amides is 1. The van der Waals surface area contributed by atoms with Gasteiger partial charge in [0.05, 0.1) is 12.0 Å². The Bertz CT molecular complexity index is 432. The van der Waals surface area contributed by atoms with Crippen LogP contribution in [0.3, 0.4) is 0 Å². The third-order valence-electron chi connectivity index (χ3n) is 3.93. The molecule has 0 radical (unpaired) electrons. The van der Waals surface area contributed by atoms with Crippen LogP contribution in [-0.2, 0) is 11.3 Å². The summed E-state index contributed by atoms with van der Waals surface area (Å²) in [5.41, 5.74) is 1.22. The van der Waals surface area contributed by atoms with E-state index in [1.807, 2.05) is 12.5 Å². The third-order valence-corrected chi connectivity index (χ3v) is 3.93. The van der Waals surface area contributed by atoms with Crippen LogP contribution in [0, 0.1) is 0 Å². The van der Waals surface area contributed by atoms with Gasteiger partial charge in [0.1, 0.15) is 0 Å². The molecule has 19 heavy (non-hydrogen) atoms. The molecule has 5 heteroatoms. The van der Waals surface area contributed by atoms with E-state index in [2.05, 4.69) is 20.2 Å². The molecule has 3 rings (SSSR count). The van der Waals surface area contributed by atoms with Gasteiger partial charge in [-0.05, 0) is 32.2 Å². The fourth-order valence-corrected chi connectivity index (χ4v) is 2.66. The van der Waals surface area contributed by atoms with E-state index < -0.39 is 0 Å². The summed E-state index contributed by atoms with van der Waals surface area (Å²) in [5.74, 6) is 0.166. The van der Waals surface area contributed by atoms with Gasteiger partial charge in [-0.15, -0.1) is 0 Å². The van der Waals surface area contributed by atoms with Crippen LogP contribution >= 0.6 is 0 Å². The van der Waals surface area contributed by atoms with E-state index in [0.717, 1.165) is 25.9 Å². The van der Waals surface area contributed by atoms with Crippen molar-refractivity contribution in [2.75, 3.05) is 6.54 Å². The predicted molar refractivity (Wildman–Crippen MR) is 72.6 cm³/mol. The van der Waals surface area contributed by atoms with Crippen molar-refractivity contribution < 1.29 is 4.79 Å². The highest BCUT2D eigenvalue weighted by Gasteiger charge is 2.23. The molecule has 2 fully saturated rings. The largest absolute Gasteiger partial charge is 0.353 e. The molecule has 0 bridgehead atoms. The minimum Gasteiger partial charge on any atom is -0.353 e. The highest BCUT2D eigenvalue weighted by atomic mass is 16.1. The van der Waals surface area contributed by atoms with Crippen molar-refractivity contribution in [3.63, 3.8) is 0 Å². The standard InChI is InChI=1S/C14H22N4O/c19-14(17-11-4-5-11)6-8-18-10-15-9-13(18)12-3-1-2-7-16-12/h9-12,16H,1-8H2,(H,17,19). The van der Waals surface area contributed by atoms with E-state index >= 15 is 0 Å². The molecule has 2 aliphatic rings. The number of carbonyl (C=O) groups excluding carboxylic acids is 1. The van der Waals surface area contributed by atoms with Gasteiger partial charge in [0.25, 0.3) is 0 Å². The monoisotopic (exact) mass is 262 g/mol. The Kier molecular flexibility index (Phi) is 3.82. The number of aromatic nitrogens is 2. The number of hydrogen-bond acceptors (Lipinski definition) is 3. The molecule has 5 nitrogen and oxygen atoms in total. The number of aryl methyl sites for hydroxylation is 1. The molecule has 1 amide bonds. The summed E-state index contributed by atoms with van der Waals surface area (Å²) < 4.78 is 2.12. The average Bonchev–Trinajstić information content (AvgIpc) is 3.12. The quantitative estimate of drug-likeness (QED) is 0.842. The molecule has 104 valence electrons. The van der Waals surface area contributed by atoms with Crippen molar-refractivity contribution in [2.45, 2.75) is 57.2 Å². The van der Waals surface area contributed by atoms with Gasteiger partial charge in [0.15, 0.2) is 0 Å². The van der Waals surface area contributed by atoms with Crippen LogP contribution in [0.4, 0.5) is 0 Å². The molecule has 1 atom stereocenters. The summed E-state index contributed by atoms with van der Waals surface area (Å²) >= 11 is 0. The molecular formula is C14H22N4O. The summed E-state index contributed by atoms with van der Waals surface area (Å²) in [6.07, 6.45) is 10.3. The Morgan fingerprint density at radius 1 is 1.42 bits per heavy atom. The number of nitrogens with zero attached hydrogens (tertiary/aromatic N) is 2. The molecule has 2 heterocycles. The second-order valence-corrected chi connectivity index (χ2v) is 5.61. The molecular weight excluding hydrogens is 240 g/mol. The smallest absolute Gasteiger partial charge is 0.222 e. The molecule has 1 saturated carbocycles. The zero-order valence-electron chi connectivity index (χ0n) is 11.3. The molecule has 1 aromatic heterocycles. The van der Waals surface area contributed by atoms with E-state index in [1.54, 1.807) is 0 Å². The molecule has 0 spiro atoms. The predicted octanol–water partition coefficient (Wildman–Crippen LogP) is 1.37. The van der Waals surface area contributed by atoms with Crippen LogP contribution in [0.15, 0.2) is 12.5 Å². The number of carbonyl (C=O) groups is 1.